The van der Waals surface area contributed by atoms with Crippen molar-refractivity contribution < 1.29 is 9.53 Å². The van der Waals surface area contributed by atoms with Crippen LogP contribution in [0.5, 0.6) is 0 Å². The van der Waals surface area contributed by atoms with Gasteiger partial charge in [0.15, 0.2) is 0 Å². The molecule has 0 aliphatic carbocycles. The van der Waals surface area contributed by atoms with Gasteiger partial charge in [-0.3, -0.25) is 4.79 Å². The highest BCUT2D eigenvalue weighted by Crippen LogP contribution is 2.36. The van der Waals surface area contributed by atoms with E-state index in [9.17, 15) is 9.59 Å². The number of thiophene rings is 1. The van der Waals surface area contributed by atoms with Crippen molar-refractivity contribution in [2.45, 2.75) is 6.92 Å². The molecule has 0 aromatic carbocycles. The van der Waals surface area contributed by atoms with Gasteiger partial charge in [0.2, 0.25) is 5.82 Å². The van der Waals surface area contributed by atoms with Crippen LogP contribution in [0.3, 0.4) is 0 Å². The molecule has 0 bridgehead atoms. The van der Waals surface area contributed by atoms with Gasteiger partial charge < -0.3 is 9.72 Å². The van der Waals surface area contributed by atoms with Crippen LogP contribution in [0.25, 0.3) is 10.2 Å². The number of ether oxygens (including phenoxy) is 1. The molecule has 2 heterocycles. The molecule has 0 spiro atoms. The van der Waals surface area contributed by atoms with Gasteiger partial charge >= 0.3 is 5.97 Å². The molecule has 0 saturated carbocycles. The van der Waals surface area contributed by atoms with Crippen LogP contribution in [-0.4, -0.2) is 22.5 Å². The van der Waals surface area contributed by atoms with E-state index in [1.165, 1.54) is 11.3 Å². The van der Waals surface area contributed by atoms with Gasteiger partial charge in [-0.05, 0) is 38.8 Å². The Morgan fingerprint density at radius 2 is 2.24 bits per heavy atom. The maximum atomic E-state index is 11.8. The summed E-state index contributed by atoms with van der Waals surface area (Å²) in [6.07, 6.45) is 0. The number of nitrogens with zero attached hydrogens (tertiary/aromatic N) is 1. The van der Waals surface area contributed by atoms with Crippen molar-refractivity contribution in [3.05, 3.63) is 24.4 Å². The van der Waals surface area contributed by atoms with Gasteiger partial charge in [0, 0.05) is 0 Å². The van der Waals surface area contributed by atoms with Gasteiger partial charge in [-0.25, -0.2) is 9.78 Å². The van der Waals surface area contributed by atoms with Gasteiger partial charge in [0.1, 0.15) is 4.83 Å². The smallest absolute Gasteiger partial charge is 0.374 e. The Morgan fingerprint density at radius 1 is 1.53 bits per heavy atom. The molecule has 0 unspecified atom stereocenters. The molecule has 1 N–H and O–H groups in total. The normalized spacial score (nSPS) is 10.8. The van der Waals surface area contributed by atoms with E-state index in [4.69, 9.17) is 4.74 Å². The molecule has 0 fully saturated rings. The fourth-order valence-corrected chi connectivity index (χ4v) is 3.44. The number of hydrogen-bond acceptors (Lipinski definition) is 5. The number of esters is 1. The first kappa shape index (κ1) is 12.7. The summed E-state index contributed by atoms with van der Waals surface area (Å²) < 4.78 is 6.17. The van der Waals surface area contributed by atoms with Crippen LogP contribution in [0.2, 0.25) is 0 Å². The van der Waals surface area contributed by atoms with Crippen LogP contribution >= 0.6 is 43.2 Å². The number of halogens is 2. The SMILES string of the molecule is CCOC(=O)c1nc2sc(Br)c(Br)c2c(=O)[nH]1. The van der Waals surface area contributed by atoms with Crippen LogP contribution in [-0.2, 0) is 4.74 Å². The molecule has 0 aliphatic rings. The second-order valence-corrected chi connectivity index (χ2v) is 6.11. The van der Waals surface area contributed by atoms with Crippen molar-refractivity contribution in [3.63, 3.8) is 0 Å². The van der Waals surface area contributed by atoms with E-state index in [2.05, 4.69) is 41.8 Å². The van der Waals surface area contributed by atoms with Crippen molar-refractivity contribution in [2.75, 3.05) is 6.61 Å². The highest BCUT2D eigenvalue weighted by Gasteiger charge is 2.17. The summed E-state index contributed by atoms with van der Waals surface area (Å²) in [6.45, 7) is 1.92. The number of aromatic amines is 1. The minimum absolute atomic E-state index is 0.0781. The first-order chi connectivity index (χ1) is 8.04. The molecular weight excluding hydrogens is 376 g/mol. The number of aromatic nitrogens is 2. The predicted octanol–water partition coefficient (Wildman–Crippen LogP) is 2.69. The zero-order chi connectivity index (χ0) is 12.6. The number of hydrogen-bond donors (Lipinski definition) is 1. The lowest BCUT2D eigenvalue weighted by atomic mass is 10.4. The summed E-state index contributed by atoms with van der Waals surface area (Å²) >= 11 is 7.85. The number of nitrogens with one attached hydrogen (secondary N) is 1. The standard InChI is InChI=1S/C9H6Br2N2O3S/c1-2-16-9(15)6-12-7(14)3-4(10)5(11)17-8(3)13-6/h2H2,1H3,(H,12,13,14). The summed E-state index contributed by atoms with van der Waals surface area (Å²) in [4.78, 5) is 30.2. The van der Waals surface area contributed by atoms with Gasteiger partial charge in [-0.15, -0.1) is 11.3 Å². The molecule has 17 heavy (non-hydrogen) atoms. The maximum Gasteiger partial charge on any atom is 0.374 e. The molecular formula is C9H6Br2N2O3S. The van der Waals surface area contributed by atoms with Gasteiger partial charge in [-0.1, -0.05) is 0 Å². The average Bonchev–Trinajstić information content (AvgIpc) is 2.55. The van der Waals surface area contributed by atoms with Crippen molar-refractivity contribution in [1.82, 2.24) is 9.97 Å². The maximum absolute atomic E-state index is 11.8. The van der Waals surface area contributed by atoms with Crippen molar-refractivity contribution in [2.24, 2.45) is 0 Å². The number of fused-ring (bicyclic) bond motifs is 1. The molecule has 8 heteroatoms. The van der Waals surface area contributed by atoms with Crippen LogP contribution in [0.1, 0.15) is 17.5 Å². The average molecular weight is 382 g/mol. The Hall–Kier alpha value is -0.730. The lowest BCUT2D eigenvalue weighted by molar-refractivity contribution is 0.0512. The van der Waals surface area contributed by atoms with Crippen molar-refractivity contribution in [1.29, 1.82) is 0 Å². The number of rotatable bonds is 2. The van der Waals surface area contributed by atoms with Gasteiger partial charge in [-0.2, -0.15) is 0 Å². The Bertz CT molecular complexity index is 649. The molecule has 2 rings (SSSR count). The van der Waals surface area contributed by atoms with Crippen LogP contribution in [0.15, 0.2) is 13.1 Å². The Balaban J connectivity index is 2.64. The van der Waals surface area contributed by atoms with Crippen LogP contribution < -0.4 is 5.56 Å². The zero-order valence-electron chi connectivity index (χ0n) is 8.54. The Kier molecular flexibility index (Phi) is 3.64. The summed E-state index contributed by atoms with van der Waals surface area (Å²) in [5, 5.41) is 0.426. The highest BCUT2D eigenvalue weighted by molar-refractivity contribution is 9.13. The molecule has 0 radical (unpaired) electrons. The molecule has 90 valence electrons. The Morgan fingerprint density at radius 3 is 2.88 bits per heavy atom. The fraction of sp³-hybridized carbons (Fsp3) is 0.222. The molecule has 0 aliphatic heterocycles. The third-order valence-corrected chi connectivity index (χ3v) is 5.28. The van der Waals surface area contributed by atoms with E-state index in [1.807, 2.05) is 0 Å². The zero-order valence-corrected chi connectivity index (χ0v) is 12.5. The number of carbonyl (C=O) groups excluding carboxylic acids is 1. The topological polar surface area (TPSA) is 72.0 Å². The third kappa shape index (κ3) is 2.29. The molecule has 2 aromatic heterocycles. The number of H-pyrrole nitrogens is 1. The first-order valence-corrected chi connectivity index (χ1v) is 6.99. The molecule has 2 aromatic rings. The van der Waals surface area contributed by atoms with Crippen LogP contribution in [0, 0.1) is 0 Å². The molecule has 0 amide bonds. The second-order valence-electron chi connectivity index (χ2n) is 3.00. The highest BCUT2D eigenvalue weighted by atomic mass is 79.9. The van der Waals surface area contributed by atoms with E-state index >= 15 is 0 Å². The minimum atomic E-state index is -0.632. The number of carbonyl (C=O) groups is 1. The predicted molar refractivity (Wildman–Crippen MR) is 71.6 cm³/mol. The molecule has 0 atom stereocenters. The van der Waals surface area contributed by atoms with E-state index in [-0.39, 0.29) is 18.0 Å². The van der Waals surface area contributed by atoms with Crippen molar-refractivity contribution in [3.8, 4) is 0 Å². The summed E-state index contributed by atoms with van der Waals surface area (Å²) in [7, 11) is 0. The third-order valence-electron chi connectivity index (χ3n) is 1.93. The van der Waals surface area contributed by atoms with Crippen molar-refractivity contribution >= 4 is 59.4 Å². The van der Waals surface area contributed by atoms with E-state index in [1.54, 1.807) is 6.92 Å². The molecule has 0 saturated heterocycles. The van der Waals surface area contributed by atoms with Crippen LogP contribution in [0.4, 0.5) is 0 Å². The van der Waals surface area contributed by atoms with Gasteiger partial charge in [0.05, 0.1) is 20.3 Å². The van der Waals surface area contributed by atoms with Gasteiger partial charge in [0.25, 0.3) is 5.56 Å². The lowest BCUT2D eigenvalue weighted by Gasteiger charge is -2.00. The summed E-state index contributed by atoms with van der Waals surface area (Å²) in [5.74, 6) is -0.710. The Labute approximate surface area is 116 Å². The largest absolute Gasteiger partial charge is 0.460 e. The summed E-state index contributed by atoms with van der Waals surface area (Å²) in [6, 6.07) is 0. The van der Waals surface area contributed by atoms with E-state index in [0.29, 0.717) is 14.7 Å². The fourth-order valence-electron chi connectivity index (χ4n) is 1.24. The first-order valence-electron chi connectivity index (χ1n) is 4.59. The summed E-state index contributed by atoms with van der Waals surface area (Å²) in [5.41, 5.74) is -0.369. The second kappa shape index (κ2) is 4.87. The monoisotopic (exact) mass is 380 g/mol. The molecule has 5 nitrogen and oxygen atoms in total. The lowest BCUT2D eigenvalue weighted by Crippen LogP contribution is -2.17. The van der Waals surface area contributed by atoms with E-state index < -0.39 is 5.97 Å². The minimum Gasteiger partial charge on any atom is -0.460 e. The quantitative estimate of drug-likeness (QED) is 0.811. The van der Waals surface area contributed by atoms with E-state index in [0.717, 1.165) is 3.79 Å².